The molecule has 2 aromatic carbocycles. The topological polar surface area (TPSA) is 40.5 Å². The number of nitrogens with zero attached hydrogens (tertiary/aromatic N) is 1. The molecule has 0 radical (unpaired) electrons. The molecule has 2 rings (SSSR count). The Kier molecular flexibility index (Phi) is 4.53. The fraction of sp³-hybridized carbons (Fsp3) is 0.235. The van der Waals surface area contributed by atoms with E-state index in [2.05, 4.69) is 0 Å². The van der Waals surface area contributed by atoms with Gasteiger partial charge in [-0.1, -0.05) is 60.7 Å². The molecule has 2 aromatic rings. The lowest BCUT2D eigenvalue weighted by Crippen LogP contribution is -2.31. The van der Waals surface area contributed by atoms with Gasteiger partial charge in [-0.3, -0.25) is 4.79 Å². The molecule has 0 bridgehead atoms. The van der Waals surface area contributed by atoms with E-state index < -0.39 is 12.0 Å². The van der Waals surface area contributed by atoms with Crippen LogP contribution in [-0.2, 0) is 4.79 Å². The quantitative estimate of drug-likeness (QED) is 0.926. The highest BCUT2D eigenvalue weighted by Gasteiger charge is 2.30. The summed E-state index contributed by atoms with van der Waals surface area (Å²) in [6.45, 7) is 0. The Hall–Kier alpha value is -2.13. The molecule has 0 saturated heterocycles. The number of rotatable bonds is 4. The van der Waals surface area contributed by atoms with Gasteiger partial charge in [0.1, 0.15) is 0 Å². The van der Waals surface area contributed by atoms with Gasteiger partial charge < -0.3 is 10.0 Å². The third-order valence-corrected chi connectivity index (χ3v) is 3.32. The van der Waals surface area contributed by atoms with Gasteiger partial charge in [-0.05, 0) is 11.1 Å². The fourth-order valence-corrected chi connectivity index (χ4v) is 2.24. The van der Waals surface area contributed by atoms with Crippen molar-refractivity contribution in [1.29, 1.82) is 0 Å². The molecule has 1 N–H and O–H groups in total. The minimum atomic E-state index is -0.853. The third kappa shape index (κ3) is 3.06. The van der Waals surface area contributed by atoms with Gasteiger partial charge >= 0.3 is 0 Å². The molecule has 0 fully saturated rings. The van der Waals surface area contributed by atoms with Gasteiger partial charge in [-0.25, -0.2) is 0 Å². The first-order chi connectivity index (χ1) is 9.61. The lowest BCUT2D eigenvalue weighted by Gasteiger charge is -2.25. The summed E-state index contributed by atoms with van der Waals surface area (Å²) in [5.41, 5.74) is 1.57. The maximum Gasteiger partial charge on any atom is 0.232 e. The van der Waals surface area contributed by atoms with E-state index in [-0.39, 0.29) is 5.91 Å². The Morgan fingerprint density at radius 1 is 0.900 bits per heavy atom. The van der Waals surface area contributed by atoms with Crippen LogP contribution in [0.15, 0.2) is 60.7 Å². The van der Waals surface area contributed by atoms with E-state index in [0.29, 0.717) is 0 Å². The summed E-state index contributed by atoms with van der Waals surface area (Å²) in [6.07, 6.45) is -0.853. The van der Waals surface area contributed by atoms with Crippen LogP contribution in [0.25, 0.3) is 0 Å². The summed E-state index contributed by atoms with van der Waals surface area (Å²) >= 11 is 0. The molecule has 0 unspecified atom stereocenters. The van der Waals surface area contributed by atoms with E-state index in [1.165, 1.54) is 4.90 Å². The SMILES string of the molecule is CN(C)C(=O)[C@H](c1ccccc1)[C@H](O)c1ccccc1. The molecule has 1 amide bonds. The summed E-state index contributed by atoms with van der Waals surface area (Å²) in [5.74, 6) is -0.693. The maximum absolute atomic E-state index is 12.4. The smallest absolute Gasteiger partial charge is 0.232 e. The molecular weight excluding hydrogens is 250 g/mol. The number of hydrogen-bond acceptors (Lipinski definition) is 2. The molecule has 0 aliphatic carbocycles. The van der Waals surface area contributed by atoms with Crippen molar-refractivity contribution in [3.63, 3.8) is 0 Å². The second-order valence-corrected chi connectivity index (χ2v) is 4.98. The van der Waals surface area contributed by atoms with Crippen LogP contribution in [0.1, 0.15) is 23.1 Å². The zero-order valence-corrected chi connectivity index (χ0v) is 11.7. The molecule has 0 saturated carbocycles. The van der Waals surface area contributed by atoms with Gasteiger partial charge in [0, 0.05) is 14.1 Å². The van der Waals surface area contributed by atoms with Crippen LogP contribution in [0.4, 0.5) is 0 Å². The van der Waals surface area contributed by atoms with Crippen molar-refractivity contribution in [1.82, 2.24) is 4.90 Å². The maximum atomic E-state index is 12.4. The molecule has 0 aliphatic heterocycles. The zero-order chi connectivity index (χ0) is 14.5. The van der Waals surface area contributed by atoms with Gasteiger partial charge in [0.15, 0.2) is 0 Å². The van der Waals surface area contributed by atoms with E-state index in [1.807, 2.05) is 60.7 Å². The summed E-state index contributed by atoms with van der Waals surface area (Å²) in [4.78, 5) is 13.9. The van der Waals surface area contributed by atoms with Crippen molar-refractivity contribution in [2.75, 3.05) is 14.1 Å². The molecule has 0 aromatic heterocycles. The van der Waals surface area contributed by atoms with Crippen LogP contribution in [0.5, 0.6) is 0 Å². The van der Waals surface area contributed by atoms with Crippen LogP contribution in [-0.4, -0.2) is 30.0 Å². The highest BCUT2D eigenvalue weighted by molar-refractivity contribution is 5.84. The van der Waals surface area contributed by atoms with Gasteiger partial charge in [0.2, 0.25) is 5.91 Å². The second-order valence-electron chi connectivity index (χ2n) is 4.98. The molecule has 104 valence electrons. The minimum Gasteiger partial charge on any atom is -0.387 e. The number of aliphatic hydroxyl groups is 1. The van der Waals surface area contributed by atoms with Crippen LogP contribution in [0, 0.1) is 0 Å². The molecule has 3 nitrogen and oxygen atoms in total. The fourth-order valence-electron chi connectivity index (χ4n) is 2.24. The van der Waals surface area contributed by atoms with Gasteiger partial charge in [-0.2, -0.15) is 0 Å². The predicted octanol–water partition coefficient (Wildman–Crippen LogP) is 2.59. The van der Waals surface area contributed by atoms with Gasteiger partial charge in [0.05, 0.1) is 12.0 Å². The Labute approximate surface area is 119 Å². The van der Waals surface area contributed by atoms with E-state index >= 15 is 0 Å². The number of carbonyl (C=O) groups is 1. The first-order valence-corrected chi connectivity index (χ1v) is 6.60. The van der Waals surface area contributed by atoms with Crippen molar-refractivity contribution in [3.05, 3.63) is 71.8 Å². The number of hydrogen-bond donors (Lipinski definition) is 1. The van der Waals surface area contributed by atoms with E-state index in [1.54, 1.807) is 14.1 Å². The first kappa shape index (κ1) is 14.3. The van der Waals surface area contributed by atoms with Crippen molar-refractivity contribution in [2.45, 2.75) is 12.0 Å². The van der Waals surface area contributed by atoms with E-state index in [4.69, 9.17) is 0 Å². The van der Waals surface area contributed by atoms with Gasteiger partial charge in [-0.15, -0.1) is 0 Å². The Morgan fingerprint density at radius 3 is 1.80 bits per heavy atom. The summed E-state index contributed by atoms with van der Waals surface area (Å²) < 4.78 is 0. The van der Waals surface area contributed by atoms with Gasteiger partial charge in [0.25, 0.3) is 0 Å². The average molecular weight is 269 g/mol. The Balaban J connectivity index is 2.40. The standard InChI is InChI=1S/C17H19NO2/c1-18(2)17(20)15(13-9-5-3-6-10-13)16(19)14-11-7-4-8-12-14/h3-12,15-16,19H,1-2H3/t15-,16-/m1/s1. The highest BCUT2D eigenvalue weighted by atomic mass is 16.3. The highest BCUT2D eigenvalue weighted by Crippen LogP contribution is 2.32. The molecule has 0 spiro atoms. The van der Waals surface area contributed by atoms with Crippen LogP contribution < -0.4 is 0 Å². The normalized spacial score (nSPS) is 13.6. The van der Waals surface area contributed by atoms with Crippen LogP contribution in [0.3, 0.4) is 0 Å². The van der Waals surface area contributed by atoms with E-state index in [0.717, 1.165) is 11.1 Å². The third-order valence-electron chi connectivity index (χ3n) is 3.32. The molecule has 2 atom stereocenters. The zero-order valence-electron chi connectivity index (χ0n) is 11.7. The number of carbonyl (C=O) groups excluding carboxylic acids is 1. The Morgan fingerprint density at radius 2 is 1.35 bits per heavy atom. The largest absolute Gasteiger partial charge is 0.387 e. The average Bonchev–Trinajstić information content (AvgIpc) is 2.49. The summed E-state index contributed by atoms with van der Waals surface area (Å²) in [6, 6.07) is 18.7. The molecule has 0 aliphatic rings. The lowest BCUT2D eigenvalue weighted by atomic mass is 9.88. The van der Waals surface area contributed by atoms with Crippen LogP contribution in [0.2, 0.25) is 0 Å². The molecule has 3 heteroatoms. The van der Waals surface area contributed by atoms with Crippen LogP contribution >= 0.6 is 0 Å². The van der Waals surface area contributed by atoms with Crippen molar-refractivity contribution < 1.29 is 9.90 Å². The second kappa shape index (κ2) is 6.35. The van der Waals surface area contributed by atoms with Crippen molar-refractivity contribution >= 4 is 5.91 Å². The minimum absolute atomic E-state index is 0.104. The monoisotopic (exact) mass is 269 g/mol. The Bertz CT molecular complexity index is 552. The molecular formula is C17H19NO2. The summed E-state index contributed by atoms with van der Waals surface area (Å²) in [5, 5.41) is 10.6. The van der Waals surface area contributed by atoms with E-state index in [9.17, 15) is 9.90 Å². The molecule has 0 heterocycles. The number of amides is 1. The number of likely N-dealkylation sites (N-methyl/N-ethyl adjacent to an activating group) is 1. The lowest BCUT2D eigenvalue weighted by molar-refractivity contribution is -0.133. The number of benzene rings is 2. The van der Waals surface area contributed by atoms with Crippen molar-refractivity contribution in [3.8, 4) is 0 Å². The summed E-state index contributed by atoms with van der Waals surface area (Å²) in [7, 11) is 3.41. The first-order valence-electron chi connectivity index (χ1n) is 6.60. The predicted molar refractivity (Wildman–Crippen MR) is 79.3 cm³/mol. The van der Waals surface area contributed by atoms with Crippen molar-refractivity contribution in [2.24, 2.45) is 0 Å². The number of aliphatic hydroxyl groups excluding tert-OH is 1. The molecule has 20 heavy (non-hydrogen) atoms.